The van der Waals surface area contributed by atoms with Gasteiger partial charge in [0.25, 0.3) is 0 Å². The number of benzene rings is 1. The predicted octanol–water partition coefficient (Wildman–Crippen LogP) is 4.23. The smallest absolute Gasteiger partial charge is 0.333 e. The lowest BCUT2D eigenvalue weighted by atomic mass is 9.97. The van der Waals surface area contributed by atoms with E-state index in [9.17, 15) is 10.1 Å². The minimum atomic E-state index is -0.351. The second-order valence-electron chi connectivity index (χ2n) is 5.92. The molecule has 5 nitrogen and oxygen atoms in total. The van der Waals surface area contributed by atoms with E-state index in [0.717, 1.165) is 12.8 Å². The first kappa shape index (κ1) is 15.6. The van der Waals surface area contributed by atoms with Crippen LogP contribution >= 0.6 is 0 Å². The first-order chi connectivity index (χ1) is 10.0. The van der Waals surface area contributed by atoms with Crippen molar-refractivity contribution < 1.29 is 9.66 Å². The van der Waals surface area contributed by atoms with Crippen molar-refractivity contribution in [2.45, 2.75) is 46.1 Å². The van der Waals surface area contributed by atoms with Crippen molar-refractivity contribution in [2.75, 3.05) is 11.9 Å². The van der Waals surface area contributed by atoms with E-state index in [1.165, 1.54) is 6.42 Å². The fraction of sp³-hybridized carbons (Fsp3) is 0.625. The van der Waals surface area contributed by atoms with Crippen LogP contribution in [-0.4, -0.2) is 17.6 Å². The Morgan fingerprint density at radius 3 is 2.71 bits per heavy atom. The normalized spacial score (nSPS) is 24.8. The maximum atomic E-state index is 11.4. The van der Waals surface area contributed by atoms with Gasteiger partial charge in [0, 0.05) is 6.04 Å². The molecule has 0 amide bonds. The van der Waals surface area contributed by atoms with Gasteiger partial charge in [-0.25, -0.2) is 0 Å². The Morgan fingerprint density at radius 2 is 2.14 bits per heavy atom. The molecule has 0 heterocycles. The molecule has 1 N–H and O–H groups in total. The summed E-state index contributed by atoms with van der Waals surface area (Å²) in [5.41, 5.74) is 0.622. The van der Waals surface area contributed by atoms with E-state index in [1.54, 1.807) is 12.1 Å². The molecule has 0 spiro atoms. The van der Waals surface area contributed by atoms with Gasteiger partial charge < -0.3 is 10.1 Å². The van der Waals surface area contributed by atoms with Gasteiger partial charge in [-0.3, -0.25) is 10.1 Å². The van der Waals surface area contributed by atoms with Crippen LogP contribution in [0.4, 0.5) is 11.4 Å². The SMILES string of the molecule is CCCOc1cccc(NC2CCC(C)C2C)c1[N+](=O)[O-]. The molecular weight excluding hydrogens is 268 g/mol. The Labute approximate surface area is 125 Å². The third-order valence-electron chi connectivity index (χ3n) is 4.45. The lowest BCUT2D eigenvalue weighted by molar-refractivity contribution is -0.385. The maximum absolute atomic E-state index is 11.4. The van der Waals surface area contributed by atoms with Crippen molar-refractivity contribution in [1.29, 1.82) is 0 Å². The van der Waals surface area contributed by atoms with Gasteiger partial charge in [-0.15, -0.1) is 0 Å². The van der Waals surface area contributed by atoms with Crippen LogP contribution in [0.1, 0.15) is 40.0 Å². The molecule has 0 aromatic heterocycles. The first-order valence-electron chi connectivity index (χ1n) is 7.71. The van der Waals surface area contributed by atoms with Crippen LogP contribution in [0, 0.1) is 22.0 Å². The summed E-state index contributed by atoms with van der Waals surface area (Å²) in [7, 11) is 0. The van der Waals surface area contributed by atoms with Crippen molar-refractivity contribution in [2.24, 2.45) is 11.8 Å². The highest BCUT2D eigenvalue weighted by Gasteiger charge is 2.31. The summed E-state index contributed by atoms with van der Waals surface area (Å²) in [5, 5.41) is 14.8. The van der Waals surface area contributed by atoms with Crippen LogP contribution in [0.25, 0.3) is 0 Å². The van der Waals surface area contributed by atoms with Crippen LogP contribution in [0.15, 0.2) is 18.2 Å². The van der Waals surface area contributed by atoms with E-state index < -0.39 is 0 Å². The first-order valence-corrected chi connectivity index (χ1v) is 7.71. The summed E-state index contributed by atoms with van der Waals surface area (Å²) in [6.07, 6.45) is 3.05. The maximum Gasteiger partial charge on any atom is 0.333 e. The molecule has 0 bridgehead atoms. The molecule has 0 radical (unpaired) electrons. The van der Waals surface area contributed by atoms with Crippen LogP contribution in [0.3, 0.4) is 0 Å². The minimum absolute atomic E-state index is 0.0534. The summed E-state index contributed by atoms with van der Waals surface area (Å²) in [6.45, 7) is 6.91. The summed E-state index contributed by atoms with van der Waals surface area (Å²) in [4.78, 5) is 11.1. The Morgan fingerprint density at radius 1 is 1.38 bits per heavy atom. The molecule has 21 heavy (non-hydrogen) atoms. The Balaban J connectivity index is 2.24. The third-order valence-corrected chi connectivity index (χ3v) is 4.45. The zero-order chi connectivity index (χ0) is 15.4. The fourth-order valence-electron chi connectivity index (χ4n) is 2.92. The van der Waals surface area contributed by atoms with Gasteiger partial charge in [0.1, 0.15) is 5.69 Å². The van der Waals surface area contributed by atoms with E-state index in [4.69, 9.17) is 4.74 Å². The molecule has 3 unspecified atom stereocenters. The van der Waals surface area contributed by atoms with Crippen molar-refractivity contribution in [3.05, 3.63) is 28.3 Å². The average Bonchev–Trinajstić information content (AvgIpc) is 2.77. The second kappa shape index (κ2) is 6.78. The summed E-state index contributed by atoms with van der Waals surface area (Å²) in [6, 6.07) is 5.54. The number of nitro groups is 1. The monoisotopic (exact) mass is 292 g/mol. The van der Waals surface area contributed by atoms with Crippen molar-refractivity contribution in [3.8, 4) is 5.75 Å². The number of hydrogen-bond donors (Lipinski definition) is 1. The number of nitrogens with one attached hydrogen (secondary N) is 1. The molecule has 2 rings (SSSR count). The van der Waals surface area contributed by atoms with Gasteiger partial charge in [-0.2, -0.15) is 0 Å². The van der Waals surface area contributed by atoms with Gasteiger partial charge in [-0.1, -0.05) is 26.8 Å². The topological polar surface area (TPSA) is 64.4 Å². The number of para-hydroxylation sites is 1. The number of hydrogen-bond acceptors (Lipinski definition) is 4. The molecule has 0 aliphatic heterocycles. The number of anilines is 1. The molecule has 1 aliphatic carbocycles. The van der Waals surface area contributed by atoms with Gasteiger partial charge in [0.2, 0.25) is 0 Å². The number of rotatable bonds is 6. The molecule has 1 saturated carbocycles. The number of ether oxygens (including phenoxy) is 1. The summed E-state index contributed by atoms with van der Waals surface area (Å²) in [5.74, 6) is 1.52. The molecule has 3 atom stereocenters. The quantitative estimate of drug-likeness (QED) is 0.629. The Hall–Kier alpha value is -1.78. The van der Waals surface area contributed by atoms with Crippen molar-refractivity contribution in [1.82, 2.24) is 0 Å². The highest BCUT2D eigenvalue weighted by atomic mass is 16.6. The zero-order valence-electron chi connectivity index (χ0n) is 13.0. The molecule has 5 heteroatoms. The van der Waals surface area contributed by atoms with Gasteiger partial charge in [0.15, 0.2) is 5.75 Å². The molecule has 0 saturated heterocycles. The lowest BCUT2D eigenvalue weighted by Crippen LogP contribution is -2.24. The van der Waals surface area contributed by atoms with Crippen molar-refractivity contribution in [3.63, 3.8) is 0 Å². The molecular formula is C16H24N2O3. The van der Waals surface area contributed by atoms with Gasteiger partial charge in [-0.05, 0) is 43.2 Å². The van der Waals surface area contributed by atoms with Gasteiger partial charge in [0.05, 0.1) is 11.5 Å². The third kappa shape index (κ3) is 3.46. The van der Waals surface area contributed by atoms with E-state index in [0.29, 0.717) is 35.9 Å². The fourth-order valence-corrected chi connectivity index (χ4v) is 2.92. The largest absolute Gasteiger partial charge is 0.487 e. The number of nitro benzene ring substituents is 1. The summed E-state index contributed by atoms with van der Waals surface area (Å²) >= 11 is 0. The van der Waals surface area contributed by atoms with Crippen LogP contribution in [0.5, 0.6) is 5.75 Å². The second-order valence-corrected chi connectivity index (χ2v) is 5.92. The molecule has 1 fully saturated rings. The van der Waals surface area contributed by atoms with Crippen LogP contribution in [-0.2, 0) is 0 Å². The van der Waals surface area contributed by atoms with E-state index in [1.807, 2.05) is 13.0 Å². The Bertz CT molecular complexity index is 504. The number of nitrogens with zero attached hydrogens (tertiary/aromatic N) is 1. The van der Waals surface area contributed by atoms with Crippen molar-refractivity contribution >= 4 is 11.4 Å². The van der Waals surface area contributed by atoms with E-state index in [-0.39, 0.29) is 10.6 Å². The molecule has 1 aliphatic rings. The van der Waals surface area contributed by atoms with E-state index in [2.05, 4.69) is 19.2 Å². The highest BCUT2D eigenvalue weighted by molar-refractivity contribution is 5.68. The average molecular weight is 292 g/mol. The van der Waals surface area contributed by atoms with Crippen LogP contribution < -0.4 is 10.1 Å². The molecule has 116 valence electrons. The van der Waals surface area contributed by atoms with Crippen LogP contribution in [0.2, 0.25) is 0 Å². The van der Waals surface area contributed by atoms with E-state index >= 15 is 0 Å². The molecule has 1 aromatic carbocycles. The van der Waals surface area contributed by atoms with Gasteiger partial charge >= 0.3 is 5.69 Å². The highest BCUT2D eigenvalue weighted by Crippen LogP contribution is 2.39. The predicted molar refractivity (Wildman–Crippen MR) is 83.9 cm³/mol. The molecule has 1 aromatic rings. The zero-order valence-corrected chi connectivity index (χ0v) is 13.0. The summed E-state index contributed by atoms with van der Waals surface area (Å²) < 4.78 is 5.52. The lowest BCUT2D eigenvalue weighted by Gasteiger charge is -2.21. The standard InChI is InChI=1S/C16H24N2O3/c1-4-10-21-15-7-5-6-14(16(15)18(19)20)17-13-9-8-11(2)12(13)3/h5-7,11-13,17H,4,8-10H2,1-3H3. The Kier molecular flexibility index (Phi) is 5.04. The minimum Gasteiger partial charge on any atom is -0.487 e.